The predicted molar refractivity (Wildman–Crippen MR) is 117 cm³/mol. The Kier molecular flexibility index (Phi) is 7.12. The van der Waals surface area contributed by atoms with Crippen LogP contribution >= 0.6 is 0 Å². The Balaban J connectivity index is 1.61. The van der Waals surface area contributed by atoms with Crippen molar-refractivity contribution in [2.75, 3.05) is 23.1 Å². The summed E-state index contributed by atoms with van der Waals surface area (Å²) in [4.78, 5) is 25.0. The van der Waals surface area contributed by atoms with E-state index in [9.17, 15) is 26.8 Å². The zero-order chi connectivity index (χ0) is 23.5. The molecule has 2 N–H and O–H groups in total. The number of anilines is 1. The molecule has 2 amide bonds. The van der Waals surface area contributed by atoms with E-state index in [2.05, 4.69) is 10.6 Å². The van der Waals surface area contributed by atoms with Gasteiger partial charge in [0.2, 0.25) is 15.9 Å². The van der Waals surface area contributed by atoms with Crippen LogP contribution in [0.2, 0.25) is 0 Å². The fourth-order valence-corrected chi connectivity index (χ4v) is 5.01. The second kappa shape index (κ2) is 9.64. The van der Waals surface area contributed by atoms with Gasteiger partial charge in [-0.3, -0.25) is 13.9 Å². The van der Waals surface area contributed by atoms with Crippen molar-refractivity contribution < 1.29 is 26.8 Å². The zero-order valence-electron chi connectivity index (χ0n) is 17.8. The van der Waals surface area contributed by atoms with Crippen molar-refractivity contribution >= 4 is 27.5 Å². The molecule has 0 radical (unpaired) electrons. The van der Waals surface area contributed by atoms with E-state index in [0.29, 0.717) is 18.7 Å². The van der Waals surface area contributed by atoms with Crippen LogP contribution < -0.4 is 14.9 Å². The Morgan fingerprint density at radius 1 is 1.06 bits per heavy atom. The molecule has 1 aliphatic rings. The number of rotatable bonds is 8. The fourth-order valence-electron chi connectivity index (χ4n) is 3.58. The molecular formula is C22H25F2N3O4S. The SMILES string of the molecule is CC(C)[C@H](NC(=O)c1c(F)cccc1F)C(=O)NCCS(=O)(=O)N1CCc2ccccc21. The molecule has 0 saturated carbocycles. The van der Waals surface area contributed by atoms with Crippen LogP contribution in [0.25, 0.3) is 0 Å². The fraction of sp³-hybridized carbons (Fsp3) is 0.364. The van der Waals surface area contributed by atoms with Crippen molar-refractivity contribution in [3.05, 3.63) is 65.2 Å². The molecule has 3 rings (SSSR count). The third-order valence-corrected chi connectivity index (χ3v) is 7.04. The molecule has 0 spiro atoms. The number of benzene rings is 2. The van der Waals surface area contributed by atoms with Crippen molar-refractivity contribution in [2.45, 2.75) is 26.3 Å². The highest BCUT2D eigenvalue weighted by molar-refractivity contribution is 7.92. The average Bonchev–Trinajstić information content (AvgIpc) is 3.16. The van der Waals surface area contributed by atoms with Crippen molar-refractivity contribution in [3.63, 3.8) is 0 Å². The van der Waals surface area contributed by atoms with Crippen LogP contribution in [0, 0.1) is 17.6 Å². The van der Waals surface area contributed by atoms with Gasteiger partial charge in [0.25, 0.3) is 5.91 Å². The number of nitrogens with zero attached hydrogens (tertiary/aromatic N) is 1. The van der Waals surface area contributed by atoms with Crippen molar-refractivity contribution in [1.82, 2.24) is 10.6 Å². The third-order valence-electron chi connectivity index (χ3n) is 5.27. The highest BCUT2D eigenvalue weighted by Crippen LogP contribution is 2.29. The number of hydrogen-bond acceptors (Lipinski definition) is 4. The number of nitrogens with one attached hydrogen (secondary N) is 2. The van der Waals surface area contributed by atoms with E-state index in [0.717, 1.165) is 23.8 Å². The topological polar surface area (TPSA) is 95.6 Å². The molecule has 2 aromatic carbocycles. The number of para-hydroxylation sites is 1. The lowest BCUT2D eigenvalue weighted by atomic mass is 10.0. The molecular weight excluding hydrogens is 440 g/mol. The van der Waals surface area contributed by atoms with Gasteiger partial charge in [0.05, 0.1) is 11.4 Å². The van der Waals surface area contributed by atoms with E-state index in [4.69, 9.17) is 0 Å². The second-order valence-corrected chi connectivity index (χ2v) is 9.86. The molecule has 32 heavy (non-hydrogen) atoms. The van der Waals surface area contributed by atoms with Gasteiger partial charge in [-0.1, -0.05) is 38.1 Å². The molecule has 0 saturated heterocycles. The van der Waals surface area contributed by atoms with Crippen LogP contribution in [-0.2, 0) is 21.2 Å². The summed E-state index contributed by atoms with van der Waals surface area (Å²) in [7, 11) is -3.66. The largest absolute Gasteiger partial charge is 0.353 e. The first-order valence-corrected chi connectivity index (χ1v) is 11.8. The molecule has 1 heterocycles. The van der Waals surface area contributed by atoms with E-state index in [1.165, 1.54) is 4.31 Å². The third kappa shape index (κ3) is 5.07. The summed E-state index contributed by atoms with van der Waals surface area (Å²) in [5.74, 6) is -4.51. The first-order chi connectivity index (χ1) is 15.1. The zero-order valence-corrected chi connectivity index (χ0v) is 18.6. The molecule has 0 fully saturated rings. The smallest absolute Gasteiger partial charge is 0.257 e. The van der Waals surface area contributed by atoms with Gasteiger partial charge in [-0.05, 0) is 36.1 Å². The minimum atomic E-state index is -3.66. The monoisotopic (exact) mass is 465 g/mol. The lowest BCUT2D eigenvalue weighted by Gasteiger charge is -2.23. The number of carbonyl (C=O) groups is 2. The lowest BCUT2D eigenvalue weighted by molar-refractivity contribution is -0.123. The van der Waals surface area contributed by atoms with Gasteiger partial charge in [-0.2, -0.15) is 0 Å². The summed E-state index contributed by atoms with van der Waals surface area (Å²) < 4.78 is 54.5. The Morgan fingerprint density at radius 2 is 1.72 bits per heavy atom. The molecule has 172 valence electrons. The Bertz CT molecular complexity index is 1100. The Labute approximate surface area is 185 Å². The molecule has 1 atom stereocenters. The number of hydrogen-bond donors (Lipinski definition) is 2. The van der Waals surface area contributed by atoms with E-state index >= 15 is 0 Å². The molecule has 0 aromatic heterocycles. The molecule has 0 bridgehead atoms. The number of carbonyl (C=O) groups excluding carboxylic acids is 2. The maximum absolute atomic E-state index is 13.9. The summed E-state index contributed by atoms with van der Waals surface area (Å²) >= 11 is 0. The van der Waals surface area contributed by atoms with Crippen molar-refractivity contribution in [3.8, 4) is 0 Å². The number of fused-ring (bicyclic) bond motifs is 1. The standard InChI is InChI=1S/C22H25F2N3O4S/c1-14(2)20(26-21(28)19-16(23)7-5-8-17(19)24)22(29)25-11-13-32(30,31)27-12-10-15-6-3-4-9-18(15)27/h3-9,14,20H,10-13H2,1-2H3,(H,25,29)(H,26,28)/t20-/m0/s1. The van der Waals surface area contributed by atoms with E-state index < -0.39 is 51.0 Å². The summed E-state index contributed by atoms with van der Waals surface area (Å²) in [5, 5.41) is 4.85. The number of halogens is 2. The van der Waals surface area contributed by atoms with Gasteiger partial charge in [0.1, 0.15) is 23.2 Å². The molecule has 10 heteroatoms. The summed E-state index contributed by atoms with van der Waals surface area (Å²) in [6.45, 7) is 3.47. The van der Waals surface area contributed by atoms with Crippen molar-refractivity contribution in [2.24, 2.45) is 5.92 Å². The predicted octanol–water partition coefficient (Wildman–Crippen LogP) is 2.23. The Hall–Kier alpha value is -3.01. The van der Waals surface area contributed by atoms with E-state index in [-0.39, 0.29) is 12.3 Å². The normalized spacial score (nSPS) is 14.2. The maximum Gasteiger partial charge on any atom is 0.257 e. The Morgan fingerprint density at radius 3 is 2.38 bits per heavy atom. The lowest BCUT2D eigenvalue weighted by Crippen LogP contribution is -2.51. The summed E-state index contributed by atoms with van der Waals surface area (Å²) in [6, 6.07) is 9.16. The highest BCUT2D eigenvalue weighted by atomic mass is 32.2. The molecule has 7 nitrogen and oxygen atoms in total. The van der Waals surface area contributed by atoms with Gasteiger partial charge >= 0.3 is 0 Å². The molecule has 0 aliphatic carbocycles. The van der Waals surface area contributed by atoms with Crippen LogP contribution in [0.15, 0.2) is 42.5 Å². The summed E-state index contributed by atoms with van der Waals surface area (Å²) in [5.41, 5.74) is 0.808. The summed E-state index contributed by atoms with van der Waals surface area (Å²) in [6.07, 6.45) is 0.621. The number of amides is 2. The minimum absolute atomic E-state index is 0.174. The molecule has 0 unspecified atom stereocenters. The molecule has 2 aromatic rings. The van der Waals surface area contributed by atoms with Gasteiger partial charge in [-0.25, -0.2) is 17.2 Å². The number of sulfonamides is 1. The first-order valence-electron chi connectivity index (χ1n) is 10.2. The minimum Gasteiger partial charge on any atom is -0.353 e. The second-order valence-electron chi connectivity index (χ2n) is 7.85. The van der Waals surface area contributed by atoms with Crippen LogP contribution in [-0.4, -0.2) is 45.1 Å². The van der Waals surface area contributed by atoms with Crippen molar-refractivity contribution in [1.29, 1.82) is 0 Å². The van der Waals surface area contributed by atoms with Gasteiger partial charge in [-0.15, -0.1) is 0 Å². The molecule has 1 aliphatic heterocycles. The van der Waals surface area contributed by atoms with Gasteiger partial charge in [0.15, 0.2) is 0 Å². The van der Waals surface area contributed by atoms with E-state index in [1.807, 2.05) is 12.1 Å². The van der Waals surface area contributed by atoms with Crippen LogP contribution in [0.3, 0.4) is 0 Å². The van der Waals surface area contributed by atoms with E-state index in [1.54, 1.807) is 26.0 Å². The van der Waals surface area contributed by atoms with Crippen LogP contribution in [0.5, 0.6) is 0 Å². The first kappa shape index (κ1) is 23.6. The quantitative estimate of drug-likeness (QED) is 0.625. The maximum atomic E-state index is 13.9. The highest BCUT2D eigenvalue weighted by Gasteiger charge is 2.30. The van der Waals surface area contributed by atoms with Gasteiger partial charge < -0.3 is 10.6 Å². The van der Waals surface area contributed by atoms with Gasteiger partial charge in [0, 0.05) is 13.1 Å². The average molecular weight is 466 g/mol. The van der Waals surface area contributed by atoms with Crippen LogP contribution in [0.1, 0.15) is 29.8 Å². The van der Waals surface area contributed by atoms with Crippen LogP contribution in [0.4, 0.5) is 14.5 Å².